The Kier molecular flexibility index (Phi) is 6.08. The number of hydrogen-bond donors (Lipinski definition) is 2. The number of carbonyl (C=O) groups is 3. The van der Waals surface area contributed by atoms with Gasteiger partial charge in [0.05, 0.1) is 39.0 Å². The smallest absolute Gasteiger partial charge is 0.277 e. The Morgan fingerprint density at radius 2 is 1.94 bits per heavy atom. The molecule has 3 amide bonds. The summed E-state index contributed by atoms with van der Waals surface area (Å²) in [5.41, 5.74) is 2.36. The first-order valence-electron chi connectivity index (χ1n) is 10.4. The molecule has 0 spiro atoms. The number of fused-ring (bicyclic) bond motifs is 2. The highest BCUT2D eigenvalue weighted by atomic mass is 35.5. The maximum atomic E-state index is 13.4. The number of methoxy groups -OCH3 is 1. The van der Waals surface area contributed by atoms with Crippen molar-refractivity contribution >= 4 is 35.0 Å². The number of ether oxygens (including phenoxy) is 1. The lowest BCUT2D eigenvalue weighted by atomic mass is 10.00. The zero-order valence-corrected chi connectivity index (χ0v) is 19.0. The van der Waals surface area contributed by atoms with E-state index in [4.69, 9.17) is 16.3 Å². The minimum Gasteiger partial charge on any atom is -0.496 e. The third-order valence-corrected chi connectivity index (χ3v) is 6.02. The molecule has 2 aromatic rings. The molecule has 8 nitrogen and oxygen atoms in total. The van der Waals surface area contributed by atoms with Gasteiger partial charge in [0.2, 0.25) is 5.91 Å². The van der Waals surface area contributed by atoms with E-state index in [1.807, 2.05) is 20.2 Å². The van der Waals surface area contributed by atoms with Crippen LogP contribution in [0.2, 0.25) is 5.02 Å². The molecule has 2 aromatic carbocycles. The average molecular weight is 458 g/mol. The number of piperazine rings is 1. The monoisotopic (exact) mass is 457 g/mol. The Balaban J connectivity index is 1.66. The van der Waals surface area contributed by atoms with Crippen molar-refractivity contribution in [1.29, 1.82) is 0 Å². The number of nitrogens with one attached hydrogen (secondary N) is 2. The van der Waals surface area contributed by atoms with Gasteiger partial charge >= 0.3 is 0 Å². The van der Waals surface area contributed by atoms with E-state index in [1.54, 1.807) is 47.2 Å². The summed E-state index contributed by atoms with van der Waals surface area (Å²) in [6.07, 6.45) is 0. The van der Waals surface area contributed by atoms with E-state index in [0.717, 1.165) is 16.0 Å². The summed E-state index contributed by atoms with van der Waals surface area (Å²) in [4.78, 5) is 43.2. The lowest BCUT2D eigenvalue weighted by Crippen LogP contribution is -3.07. The highest BCUT2D eigenvalue weighted by Gasteiger charge is 2.40. The Morgan fingerprint density at radius 1 is 1.16 bits per heavy atom. The fraction of sp³-hybridized carbons (Fsp3) is 0.348. The molecule has 1 saturated heterocycles. The van der Waals surface area contributed by atoms with Gasteiger partial charge in [-0.25, -0.2) is 0 Å². The quantitative estimate of drug-likeness (QED) is 0.710. The number of hydrogen-bond acceptors (Lipinski definition) is 4. The van der Waals surface area contributed by atoms with Crippen LogP contribution in [0.15, 0.2) is 36.4 Å². The number of nitrogens with zero attached hydrogens (tertiary/aromatic N) is 2. The topological polar surface area (TPSA) is 83.4 Å². The largest absolute Gasteiger partial charge is 0.496 e. The number of rotatable bonds is 4. The Bertz CT molecular complexity index is 1090. The number of carbonyl (C=O) groups excluding carboxylic acids is 3. The van der Waals surface area contributed by atoms with E-state index >= 15 is 0 Å². The van der Waals surface area contributed by atoms with Gasteiger partial charge in [-0.15, -0.1) is 0 Å². The second kappa shape index (κ2) is 8.80. The van der Waals surface area contributed by atoms with Gasteiger partial charge in [0.25, 0.3) is 11.8 Å². The molecule has 2 aliphatic heterocycles. The zero-order chi connectivity index (χ0) is 23.0. The number of benzene rings is 2. The Hall–Kier alpha value is -3.10. The van der Waals surface area contributed by atoms with Crippen molar-refractivity contribution in [3.63, 3.8) is 0 Å². The van der Waals surface area contributed by atoms with Crippen LogP contribution in [0.4, 0.5) is 5.69 Å². The van der Waals surface area contributed by atoms with Crippen LogP contribution in [0.25, 0.3) is 11.1 Å². The van der Waals surface area contributed by atoms with E-state index in [1.165, 1.54) is 0 Å². The first-order chi connectivity index (χ1) is 15.3. The maximum Gasteiger partial charge on any atom is 0.277 e. The minimum atomic E-state index is -0.728. The van der Waals surface area contributed by atoms with Gasteiger partial charge in [0.15, 0.2) is 6.54 Å². The van der Waals surface area contributed by atoms with E-state index in [9.17, 15) is 14.4 Å². The maximum absolute atomic E-state index is 13.4. The molecule has 0 bridgehead atoms. The SMILES string of the molecule is COc1ccc(Cl)cc1-c1ccc2c(c1)C(=O)N1CCN(C(=O)C[NH+](C)C)C[C@@H]1C(=O)N2. The molecule has 1 atom stereocenters. The standard InChI is InChI=1S/C23H25ClN4O4/c1-26(2)13-21(29)27-8-9-28-19(12-27)22(30)25-18-6-4-14(10-17(18)23(28)31)16-11-15(24)5-7-20(16)32-3/h4-7,10-11,19H,8-9,12-13H2,1-3H3,(H,25,30)/p+1/t19-/m1/s1. The molecule has 2 N–H and O–H groups in total. The highest BCUT2D eigenvalue weighted by molar-refractivity contribution is 6.31. The predicted octanol–water partition coefficient (Wildman–Crippen LogP) is 0.765. The predicted molar refractivity (Wildman–Crippen MR) is 121 cm³/mol. The molecule has 2 heterocycles. The number of halogens is 1. The van der Waals surface area contributed by atoms with E-state index < -0.39 is 6.04 Å². The molecule has 0 radical (unpaired) electrons. The fourth-order valence-electron chi connectivity index (χ4n) is 4.17. The lowest BCUT2D eigenvalue weighted by molar-refractivity contribution is -0.849. The summed E-state index contributed by atoms with van der Waals surface area (Å²) < 4.78 is 5.45. The molecule has 0 saturated carbocycles. The van der Waals surface area contributed by atoms with Crippen LogP contribution < -0.4 is 15.0 Å². The average Bonchev–Trinajstić information content (AvgIpc) is 2.87. The fourth-order valence-corrected chi connectivity index (χ4v) is 4.34. The molecule has 0 aliphatic carbocycles. The third kappa shape index (κ3) is 4.16. The summed E-state index contributed by atoms with van der Waals surface area (Å²) >= 11 is 6.18. The molecule has 1 fully saturated rings. The van der Waals surface area contributed by atoms with Crippen LogP contribution in [0.5, 0.6) is 5.75 Å². The van der Waals surface area contributed by atoms with Crippen molar-refractivity contribution in [2.45, 2.75) is 6.04 Å². The van der Waals surface area contributed by atoms with E-state index in [2.05, 4.69) is 5.32 Å². The first-order valence-corrected chi connectivity index (χ1v) is 10.8. The van der Waals surface area contributed by atoms with Gasteiger partial charge < -0.3 is 24.8 Å². The first kappa shape index (κ1) is 22.1. The van der Waals surface area contributed by atoms with Crippen LogP contribution in [0, 0.1) is 0 Å². The summed E-state index contributed by atoms with van der Waals surface area (Å²) in [6.45, 7) is 1.23. The highest BCUT2D eigenvalue weighted by Crippen LogP contribution is 2.36. The number of amides is 3. The molecule has 0 unspecified atom stereocenters. The minimum absolute atomic E-state index is 0.0259. The van der Waals surface area contributed by atoms with Crippen molar-refractivity contribution in [3.05, 3.63) is 47.0 Å². The van der Waals surface area contributed by atoms with Crippen LogP contribution >= 0.6 is 11.6 Å². The number of likely N-dealkylation sites (N-methyl/N-ethyl adjacent to an activating group) is 1. The molecule has 32 heavy (non-hydrogen) atoms. The van der Waals surface area contributed by atoms with Crippen molar-refractivity contribution in [3.8, 4) is 16.9 Å². The van der Waals surface area contributed by atoms with Gasteiger partial charge in [-0.3, -0.25) is 14.4 Å². The summed E-state index contributed by atoms with van der Waals surface area (Å²) in [5.74, 6) is 0.0749. The van der Waals surface area contributed by atoms with Gasteiger partial charge in [-0.1, -0.05) is 17.7 Å². The van der Waals surface area contributed by atoms with Crippen molar-refractivity contribution in [2.75, 3.05) is 52.7 Å². The summed E-state index contributed by atoms with van der Waals surface area (Å²) in [7, 11) is 5.38. The van der Waals surface area contributed by atoms with Gasteiger partial charge in [-0.2, -0.15) is 0 Å². The molecule has 168 valence electrons. The van der Waals surface area contributed by atoms with Crippen molar-refractivity contribution < 1.29 is 24.0 Å². The van der Waals surface area contributed by atoms with Crippen molar-refractivity contribution in [1.82, 2.24) is 9.80 Å². The Morgan fingerprint density at radius 3 is 2.66 bits per heavy atom. The second-order valence-corrected chi connectivity index (χ2v) is 8.77. The summed E-state index contributed by atoms with van der Waals surface area (Å²) in [5, 5.41) is 3.42. The van der Waals surface area contributed by atoms with Gasteiger partial charge in [0, 0.05) is 23.7 Å². The molecule has 9 heteroatoms. The number of anilines is 1. The van der Waals surface area contributed by atoms with Crippen LogP contribution in [-0.4, -0.2) is 80.9 Å². The van der Waals surface area contributed by atoms with Crippen LogP contribution in [0.3, 0.4) is 0 Å². The Labute approximate surface area is 191 Å². The van der Waals surface area contributed by atoms with Crippen LogP contribution in [-0.2, 0) is 9.59 Å². The molecule has 4 rings (SSSR count). The normalized spacial score (nSPS) is 18.1. The van der Waals surface area contributed by atoms with E-state index in [-0.39, 0.29) is 24.3 Å². The van der Waals surface area contributed by atoms with E-state index in [0.29, 0.717) is 41.7 Å². The van der Waals surface area contributed by atoms with Crippen LogP contribution in [0.1, 0.15) is 10.4 Å². The third-order valence-electron chi connectivity index (χ3n) is 5.78. The van der Waals surface area contributed by atoms with Gasteiger partial charge in [-0.05, 0) is 35.9 Å². The number of quaternary nitrogens is 1. The summed E-state index contributed by atoms with van der Waals surface area (Å²) in [6, 6.07) is 9.85. The molecular weight excluding hydrogens is 432 g/mol. The van der Waals surface area contributed by atoms with Crippen molar-refractivity contribution in [2.24, 2.45) is 0 Å². The molecule has 2 aliphatic rings. The second-order valence-electron chi connectivity index (χ2n) is 8.33. The molecule has 0 aromatic heterocycles. The van der Waals surface area contributed by atoms with Gasteiger partial charge in [0.1, 0.15) is 11.8 Å². The lowest BCUT2D eigenvalue weighted by Gasteiger charge is -2.39. The molecular formula is C23H26ClN4O4+. The zero-order valence-electron chi connectivity index (χ0n) is 18.3.